The molecule has 0 amide bonds. The molecule has 0 aliphatic heterocycles. The van der Waals surface area contributed by atoms with E-state index in [9.17, 15) is 4.79 Å². The van der Waals surface area contributed by atoms with Crippen LogP contribution in [0.3, 0.4) is 0 Å². The topological polar surface area (TPSA) is 52.3 Å². The molecule has 0 radical (unpaired) electrons. The Labute approximate surface area is 163 Å². The van der Waals surface area contributed by atoms with Crippen LogP contribution >= 0.6 is 11.3 Å². The maximum absolute atomic E-state index is 12.6. The van der Waals surface area contributed by atoms with Crippen molar-refractivity contribution in [1.29, 1.82) is 0 Å². The Bertz CT molecular complexity index is 934. The molecule has 1 aromatic heterocycles. The van der Waals surface area contributed by atoms with Gasteiger partial charge in [-0.1, -0.05) is 60.7 Å². The average molecular weight is 378 g/mol. The van der Waals surface area contributed by atoms with E-state index < -0.39 is 0 Å². The molecule has 2 N–H and O–H groups in total. The largest absolute Gasteiger partial charge is 0.462 e. The predicted molar refractivity (Wildman–Crippen MR) is 110 cm³/mol. The maximum Gasteiger partial charge on any atom is 0.341 e. The summed E-state index contributed by atoms with van der Waals surface area (Å²) >= 11 is 1.55. The molecule has 0 saturated heterocycles. The van der Waals surface area contributed by atoms with Gasteiger partial charge in [0.05, 0.1) is 12.2 Å². The number of hydrogen-bond donors (Lipinski definition) is 1. The van der Waals surface area contributed by atoms with E-state index >= 15 is 0 Å². The summed E-state index contributed by atoms with van der Waals surface area (Å²) in [4.78, 5) is 13.8. The van der Waals surface area contributed by atoms with Crippen LogP contribution in [0.2, 0.25) is 0 Å². The van der Waals surface area contributed by atoms with Crippen LogP contribution in [-0.4, -0.2) is 12.6 Å². The third kappa shape index (κ3) is 3.37. The number of rotatable bonds is 4. The molecule has 1 aliphatic rings. The SMILES string of the molecule is CCOC(=O)c1c(N)sc2c1CC(c1ccccc1)CC2c1ccccc1. The quantitative estimate of drug-likeness (QED) is 0.622. The number of benzene rings is 2. The van der Waals surface area contributed by atoms with E-state index in [1.54, 1.807) is 11.3 Å². The Hall–Kier alpha value is -2.59. The minimum absolute atomic E-state index is 0.246. The van der Waals surface area contributed by atoms with Crippen molar-refractivity contribution in [1.82, 2.24) is 0 Å². The highest BCUT2D eigenvalue weighted by Crippen LogP contribution is 2.49. The summed E-state index contributed by atoms with van der Waals surface area (Å²) in [5.74, 6) is 0.301. The summed E-state index contributed by atoms with van der Waals surface area (Å²) in [6.07, 6.45) is 1.84. The van der Waals surface area contributed by atoms with Gasteiger partial charge in [0, 0.05) is 10.8 Å². The standard InChI is InChI=1S/C23H23NO2S/c1-2-26-23(25)20-19-14-17(15-9-5-3-6-10-15)13-18(21(19)27-22(20)24)16-11-7-4-8-12-16/h3-12,17-18H,2,13-14,24H2,1H3. The van der Waals surface area contributed by atoms with Gasteiger partial charge in [-0.05, 0) is 42.4 Å². The number of nitrogen functional groups attached to an aromatic ring is 1. The third-order valence-corrected chi connectivity index (χ3v) is 6.48. The zero-order valence-electron chi connectivity index (χ0n) is 15.4. The molecule has 0 fully saturated rings. The number of thiophene rings is 1. The fourth-order valence-corrected chi connectivity index (χ4v) is 5.32. The van der Waals surface area contributed by atoms with Crippen LogP contribution in [0.4, 0.5) is 5.00 Å². The Morgan fingerprint density at radius 2 is 1.70 bits per heavy atom. The second-order valence-electron chi connectivity index (χ2n) is 6.92. The summed E-state index contributed by atoms with van der Waals surface area (Å²) in [7, 11) is 0. The van der Waals surface area contributed by atoms with E-state index in [1.165, 1.54) is 16.0 Å². The number of carbonyl (C=O) groups is 1. The van der Waals surface area contributed by atoms with Crippen molar-refractivity contribution in [3.8, 4) is 0 Å². The maximum atomic E-state index is 12.6. The molecule has 0 spiro atoms. The molecule has 2 unspecified atom stereocenters. The summed E-state index contributed by atoms with van der Waals surface area (Å²) in [5, 5.41) is 0.577. The first kappa shape index (κ1) is 17.8. The molecular formula is C23H23NO2S. The van der Waals surface area contributed by atoms with Crippen molar-refractivity contribution in [2.45, 2.75) is 31.6 Å². The first-order valence-corrected chi connectivity index (χ1v) is 10.2. The Morgan fingerprint density at radius 3 is 2.33 bits per heavy atom. The van der Waals surface area contributed by atoms with E-state index in [2.05, 4.69) is 48.5 Å². The summed E-state index contributed by atoms with van der Waals surface area (Å²) in [6.45, 7) is 2.18. The molecule has 2 aromatic carbocycles. The van der Waals surface area contributed by atoms with Gasteiger partial charge in [0.15, 0.2) is 0 Å². The first-order chi connectivity index (χ1) is 13.2. The Kier molecular flexibility index (Phi) is 4.99. The van der Waals surface area contributed by atoms with Gasteiger partial charge in [0.2, 0.25) is 0 Å². The minimum Gasteiger partial charge on any atom is -0.462 e. The van der Waals surface area contributed by atoms with E-state index in [-0.39, 0.29) is 11.9 Å². The Morgan fingerprint density at radius 1 is 1.07 bits per heavy atom. The van der Waals surface area contributed by atoms with Crippen LogP contribution in [0, 0.1) is 0 Å². The van der Waals surface area contributed by atoms with Gasteiger partial charge in [-0.3, -0.25) is 0 Å². The minimum atomic E-state index is -0.298. The van der Waals surface area contributed by atoms with Gasteiger partial charge >= 0.3 is 5.97 Å². The number of fused-ring (bicyclic) bond motifs is 1. The lowest BCUT2D eigenvalue weighted by molar-refractivity contribution is 0.0526. The van der Waals surface area contributed by atoms with Crippen molar-refractivity contribution in [3.05, 3.63) is 87.8 Å². The van der Waals surface area contributed by atoms with Gasteiger partial charge in [0.25, 0.3) is 0 Å². The third-order valence-electron chi connectivity index (χ3n) is 5.31. The van der Waals surface area contributed by atoms with Crippen LogP contribution in [0.25, 0.3) is 0 Å². The first-order valence-electron chi connectivity index (χ1n) is 9.37. The molecule has 1 heterocycles. The zero-order valence-corrected chi connectivity index (χ0v) is 16.2. The summed E-state index contributed by atoms with van der Waals surface area (Å²) in [5.41, 5.74) is 10.5. The number of esters is 1. The normalized spacial score (nSPS) is 18.7. The lowest BCUT2D eigenvalue weighted by Crippen LogP contribution is -2.19. The van der Waals surface area contributed by atoms with Crippen molar-refractivity contribution >= 4 is 22.3 Å². The molecule has 4 heteroatoms. The van der Waals surface area contributed by atoms with Crippen LogP contribution in [0.15, 0.2) is 60.7 Å². The summed E-state index contributed by atoms with van der Waals surface area (Å²) < 4.78 is 5.30. The molecular weight excluding hydrogens is 354 g/mol. The second-order valence-corrected chi connectivity index (χ2v) is 8.00. The average Bonchev–Trinajstić information content (AvgIpc) is 3.04. The van der Waals surface area contributed by atoms with Gasteiger partial charge in [-0.25, -0.2) is 4.79 Å². The fraction of sp³-hybridized carbons (Fsp3) is 0.261. The molecule has 0 bridgehead atoms. The van der Waals surface area contributed by atoms with Crippen molar-refractivity contribution < 1.29 is 9.53 Å². The number of anilines is 1. The number of ether oxygens (including phenoxy) is 1. The van der Waals surface area contributed by atoms with E-state index in [4.69, 9.17) is 10.5 Å². The van der Waals surface area contributed by atoms with Gasteiger partial charge < -0.3 is 10.5 Å². The number of hydrogen-bond acceptors (Lipinski definition) is 4. The monoisotopic (exact) mass is 377 g/mol. The van der Waals surface area contributed by atoms with Crippen molar-refractivity contribution in [2.75, 3.05) is 12.3 Å². The van der Waals surface area contributed by atoms with Gasteiger partial charge in [0.1, 0.15) is 5.00 Å². The van der Waals surface area contributed by atoms with Crippen LogP contribution in [-0.2, 0) is 11.2 Å². The lowest BCUT2D eigenvalue weighted by atomic mass is 9.74. The van der Waals surface area contributed by atoms with E-state index in [0.717, 1.165) is 18.4 Å². The van der Waals surface area contributed by atoms with E-state index in [1.807, 2.05) is 19.1 Å². The van der Waals surface area contributed by atoms with Gasteiger partial charge in [-0.15, -0.1) is 11.3 Å². The molecule has 0 saturated carbocycles. The zero-order chi connectivity index (χ0) is 18.8. The highest BCUT2D eigenvalue weighted by atomic mass is 32.1. The Balaban J connectivity index is 1.83. The second kappa shape index (κ2) is 7.57. The summed E-state index contributed by atoms with van der Waals surface area (Å²) in [6, 6.07) is 21.1. The van der Waals surface area contributed by atoms with Crippen LogP contribution in [0.5, 0.6) is 0 Å². The number of carbonyl (C=O) groups excluding carboxylic acids is 1. The highest BCUT2D eigenvalue weighted by Gasteiger charge is 2.35. The lowest BCUT2D eigenvalue weighted by Gasteiger charge is -2.30. The molecule has 3 nitrogen and oxygen atoms in total. The van der Waals surface area contributed by atoms with Gasteiger partial charge in [-0.2, -0.15) is 0 Å². The fourth-order valence-electron chi connectivity index (χ4n) is 4.09. The van der Waals surface area contributed by atoms with Crippen molar-refractivity contribution in [2.24, 2.45) is 0 Å². The van der Waals surface area contributed by atoms with E-state index in [0.29, 0.717) is 23.1 Å². The molecule has 3 aromatic rings. The smallest absolute Gasteiger partial charge is 0.341 e. The molecule has 27 heavy (non-hydrogen) atoms. The number of nitrogens with two attached hydrogens (primary N) is 1. The predicted octanol–water partition coefficient (Wildman–Crippen LogP) is 5.37. The molecule has 4 rings (SSSR count). The molecule has 2 atom stereocenters. The molecule has 1 aliphatic carbocycles. The highest BCUT2D eigenvalue weighted by molar-refractivity contribution is 7.16. The molecule has 138 valence electrons. The van der Waals surface area contributed by atoms with Crippen molar-refractivity contribution in [3.63, 3.8) is 0 Å². The van der Waals surface area contributed by atoms with Crippen LogP contribution < -0.4 is 5.73 Å². The van der Waals surface area contributed by atoms with Crippen LogP contribution in [0.1, 0.15) is 57.1 Å².